The summed E-state index contributed by atoms with van der Waals surface area (Å²) in [7, 11) is 0. The molecule has 0 saturated carbocycles. The number of aromatic amines is 1. The third kappa shape index (κ3) is 3.64. The van der Waals surface area contributed by atoms with E-state index in [0.29, 0.717) is 25.1 Å². The van der Waals surface area contributed by atoms with E-state index < -0.39 is 11.6 Å². The number of carbonyl (C=O) groups is 1. The molecule has 0 bridgehead atoms. The van der Waals surface area contributed by atoms with Gasteiger partial charge in [0.05, 0.1) is 0 Å². The van der Waals surface area contributed by atoms with E-state index in [4.69, 9.17) is 0 Å². The largest absolute Gasteiger partial charge is 0.337 e. The van der Waals surface area contributed by atoms with Crippen molar-refractivity contribution in [1.29, 1.82) is 0 Å². The second-order valence-corrected chi connectivity index (χ2v) is 5.82. The Labute approximate surface area is 131 Å². The molecule has 4 nitrogen and oxygen atoms in total. The third-order valence-electron chi connectivity index (χ3n) is 4.02. The van der Waals surface area contributed by atoms with E-state index in [1.165, 1.54) is 24.3 Å². The summed E-state index contributed by atoms with van der Waals surface area (Å²) in [6.07, 6.45) is 1.28. The van der Waals surface area contributed by atoms with Crippen LogP contribution >= 0.6 is 0 Å². The van der Waals surface area contributed by atoms with E-state index in [2.05, 4.69) is 4.98 Å². The topological polar surface area (TPSA) is 53.2 Å². The van der Waals surface area contributed by atoms with Crippen LogP contribution in [0.3, 0.4) is 0 Å². The summed E-state index contributed by atoms with van der Waals surface area (Å²) in [4.78, 5) is 27.8. The molecule has 1 atom stereocenters. The molecule has 3 rings (SSSR count). The van der Waals surface area contributed by atoms with Crippen LogP contribution in [-0.2, 0) is 6.42 Å². The first kappa shape index (κ1) is 15.4. The van der Waals surface area contributed by atoms with Crippen LogP contribution in [-0.4, -0.2) is 28.9 Å². The zero-order valence-electron chi connectivity index (χ0n) is 12.4. The SMILES string of the molecule is O=C(c1cccc(=O)[nH]1)N1CCC(Cc2cc(F)cc(F)c2)C1. The lowest BCUT2D eigenvalue weighted by atomic mass is 9.98. The van der Waals surface area contributed by atoms with E-state index >= 15 is 0 Å². The Morgan fingerprint density at radius 2 is 1.96 bits per heavy atom. The summed E-state index contributed by atoms with van der Waals surface area (Å²) in [6.45, 7) is 1.08. The number of carbonyl (C=O) groups excluding carboxylic acids is 1. The van der Waals surface area contributed by atoms with Crippen molar-refractivity contribution < 1.29 is 13.6 Å². The van der Waals surface area contributed by atoms with Crippen molar-refractivity contribution >= 4 is 5.91 Å². The fourth-order valence-corrected chi connectivity index (χ4v) is 2.99. The average molecular weight is 318 g/mol. The summed E-state index contributed by atoms with van der Waals surface area (Å²) in [5, 5.41) is 0. The lowest BCUT2D eigenvalue weighted by Gasteiger charge is -2.16. The molecule has 23 heavy (non-hydrogen) atoms. The van der Waals surface area contributed by atoms with Gasteiger partial charge in [0.15, 0.2) is 0 Å². The van der Waals surface area contributed by atoms with E-state index in [9.17, 15) is 18.4 Å². The smallest absolute Gasteiger partial charge is 0.270 e. The van der Waals surface area contributed by atoms with Gasteiger partial charge in [0.2, 0.25) is 5.56 Å². The van der Waals surface area contributed by atoms with Gasteiger partial charge in [-0.2, -0.15) is 0 Å². The van der Waals surface area contributed by atoms with Crippen molar-refractivity contribution in [2.45, 2.75) is 12.8 Å². The van der Waals surface area contributed by atoms with Crippen LogP contribution in [0, 0.1) is 17.6 Å². The fraction of sp³-hybridized carbons (Fsp3) is 0.294. The zero-order chi connectivity index (χ0) is 16.4. The molecule has 1 aliphatic heterocycles. The number of halogens is 2. The predicted octanol–water partition coefficient (Wildman–Crippen LogP) is 2.36. The summed E-state index contributed by atoms with van der Waals surface area (Å²) < 4.78 is 26.5. The molecule has 1 saturated heterocycles. The Balaban J connectivity index is 1.66. The number of pyridine rings is 1. The van der Waals surface area contributed by atoms with Gasteiger partial charge in [0.1, 0.15) is 17.3 Å². The van der Waals surface area contributed by atoms with Gasteiger partial charge in [-0.25, -0.2) is 8.78 Å². The highest BCUT2D eigenvalue weighted by Crippen LogP contribution is 2.23. The second-order valence-electron chi connectivity index (χ2n) is 5.82. The first-order valence-electron chi connectivity index (χ1n) is 7.45. The monoisotopic (exact) mass is 318 g/mol. The van der Waals surface area contributed by atoms with Crippen molar-refractivity contribution in [2.24, 2.45) is 5.92 Å². The Kier molecular flexibility index (Phi) is 4.23. The van der Waals surface area contributed by atoms with Gasteiger partial charge in [0.25, 0.3) is 5.91 Å². The number of hydrogen-bond donors (Lipinski definition) is 1. The number of hydrogen-bond acceptors (Lipinski definition) is 2. The molecule has 6 heteroatoms. The Bertz CT molecular complexity index is 768. The van der Waals surface area contributed by atoms with Gasteiger partial charge >= 0.3 is 0 Å². The van der Waals surface area contributed by atoms with E-state index in [1.807, 2.05) is 0 Å². The van der Waals surface area contributed by atoms with Crippen molar-refractivity contribution in [3.05, 3.63) is 69.6 Å². The molecular weight excluding hydrogens is 302 g/mol. The first-order valence-corrected chi connectivity index (χ1v) is 7.45. The fourth-order valence-electron chi connectivity index (χ4n) is 2.99. The number of nitrogens with zero attached hydrogens (tertiary/aromatic N) is 1. The van der Waals surface area contributed by atoms with Gasteiger partial charge < -0.3 is 9.88 Å². The Hall–Kier alpha value is -2.50. The first-order chi connectivity index (χ1) is 11.0. The lowest BCUT2D eigenvalue weighted by Crippen LogP contribution is -2.30. The highest BCUT2D eigenvalue weighted by atomic mass is 19.1. The minimum atomic E-state index is -0.590. The van der Waals surface area contributed by atoms with E-state index in [-0.39, 0.29) is 23.1 Å². The van der Waals surface area contributed by atoms with E-state index in [1.54, 1.807) is 11.0 Å². The van der Waals surface area contributed by atoms with E-state index in [0.717, 1.165) is 12.5 Å². The maximum absolute atomic E-state index is 13.2. The second kappa shape index (κ2) is 6.32. The standard InChI is InChI=1S/C17H16F2N2O2/c18-13-7-12(8-14(19)9-13)6-11-4-5-21(10-11)17(23)15-2-1-3-16(22)20-15/h1-3,7-9,11H,4-6,10H2,(H,20,22). The molecule has 1 unspecified atom stereocenters. The van der Waals surface area contributed by atoms with Gasteiger partial charge in [-0.05, 0) is 42.5 Å². The highest BCUT2D eigenvalue weighted by Gasteiger charge is 2.27. The Morgan fingerprint density at radius 1 is 1.22 bits per heavy atom. The van der Waals surface area contributed by atoms with Crippen LogP contribution in [0.1, 0.15) is 22.5 Å². The maximum atomic E-state index is 13.2. The molecule has 1 aromatic carbocycles. The number of amides is 1. The number of nitrogens with one attached hydrogen (secondary N) is 1. The summed E-state index contributed by atoms with van der Waals surface area (Å²) >= 11 is 0. The van der Waals surface area contributed by atoms with Crippen LogP contribution in [0.5, 0.6) is 0 Å². The zero-order valence-corrected chi connectivity index (χ0v) is 12.4. The van der Waals surface area contributed by atoms with Gasteiger partial charge in [-0.15, -0.1) is 0 Å². The molecule has 1 aromatic heterocycles. The van der Waals surface area contributed by atoms with Gasteiger partial charge in [-0.3, -0.25) is 9.59 Å². The number of likely N-dealkylation sites (tertiary alicyclic amines) is 1. The van der Waals surface area contributed by atoms with Crippen LogP contribution < -0.4 is 5.56 Å². The Morgan fingerprint density at radius 3 is 2.65 bits per heavy atom. The van der Waals surface area contributed by atoms with Crippen LogP contribution in [0.4, 0.5) is 8.78 Å². The summed E-state index contributed by atoms with van der Waals surface area (Å²) in [6, 6.07) is 7.94. The molecule has 120 valence electrons. The van der Waals surface area contributed by atoms with Crippen molar-refractivity contribution in [3.8, 4) is 0 Å². The third-order valence-corrected chi connectivity index (χ3v) is 4.02. The minimum Gasteiger partial charge on any atom is -0.337 e. The lowest BCUT2D eigenvalue weighted by molar-refractivity contribution is 0.0781. The molecular formula is C17H16F2N2O2. The van der Waals surface area contributed by atoms with Crippen molar-refractivity contribution in [2.75, 3.05) is 13.1 Å². The number of aromatic nitrogens is 1. The summed E-state index contributed by atoms with van der Waals surface area (Å²) in [5.41, 5.74) is 0.534. The number of H-pyrrole nitrogens is 1. The summed E-state index contributed by atoms with van der Waals surface area (Å²) in [5.74, 6) is -1.26. The van der Waals surface area contributed by atoms with Crippen LogP contribution in [0.25, 0.3) is 0 Å². The molecule has 2 aromatic rings. The molecule has 2 heterocycles. The predicted molar refractivity (Wildman–Crippen MR) is 81.1 cm³/mol. The molecule has 1 N–H and O–H groups in total. The number of rotatable bonds is 3. The van der Waals surface area contributed by atoms with Gasteiger partial charge in [-0.1, -0.05) is 6.07 Å². The molecule has 1 aliphatic rings. The molecule has 1 amide bonds. The van der Waals surface area contributed by atoms with Crippen molar-refractivity contribution in [1.82, 2.24) is 9.88 Å². The molecule has 0 spiro atoms. The maximum Gasteiger partial charge on any atom is 0.270 e. The van der Waals surface area contributed by atoms with Gasteiger partial charge in [0, 0.05) is 25.2 Å². The minimum absolute atomic E-state index is 0.149. The van der Waals surface area contributed by atoms with Crippen LogP contribution in [0.15, 0.2) is 41.2 Å². The normalized spacial score (nSPS) is 17.5. The number of benzene rings is 1. The molecule has 0 radical (unpaired) electrons. The average Bonchev–Trinajstić information content (AvgIpc) is 2.94. The molecule has 1 fully saturated rings. The molecule has 0 aliphatic carbocycles. The quantitative estimate of drug-likeness (QED) is 0.944. The van der Waals surface area contributed by atoms with Crippen molar-refractivity contribution in [3.63, 3.8) is 0 Å². The van der Waals surface area contributed by atoms with Crippen LogP contribution in [0.2, 0.25) is 0 Å². The highest BCUT2D eigenvalue weighted by molar-refractivity contribution is 5.92.